The molecule has 0 aliphatic carbocycles. The van der Waals surface area contributed by atoms with Crippen LogP contribution in [0, 0.1) is 0 Å². The minimum Gasteiger partial charge on any atom is -0.486 e. The Bertz CT molecular complexity index is 1080. The number of hydrogen-bond acceptors (Lipinski definition) is 4. The molecule has 0 aromatic heterocycles. The number of hydrogen-bond donors (Lipinski definition) is 0. The number of nitrogens with zero attached hydrogens (tertiary/aromatic N) is 2. The average molecular weight is 447 g/mol. The van der Waals surface area contributed by atoms with Gasteiger partial charge in [0, 0.05) is 18.7 Å². The summed E-state index contributed by atoms with van der Waals surface area (Å²) >= 11 is 0. The number of unbranched alkanes of at least 4 members (excludes halogenated alkanes) is 1. The summed E-state index contributed by atoms with van der Waals surface area (Å²) in [5, 5.41) is 2.23. The highest BCUT2D eigenvalue weighted by Crippen LogP contribution is 2.31. The number of ether oxygens (including phenoxy) is 2. The highest BCUT2D eigenvalue weighted by atomic mass is 16.6. The molecule has 0 unspecified atom stereocenters. The molecule has 0 spiro atoms. The third kappa shape index (κ3) is 5.85. The molecule has 174 valence electrons. The minimum atomic E-state index is 0.0680. The molecular weight excluding hydrogens is 412 g/mol. The zero-order chi connectivity index (χ0) is 23.0. The molecule has 5 heteroatoms. The van der Waals surface area contributed by atoms with E-state index in [9.17, 15) is 4.79 Å². The van der Waals surface area contributed by atoms with Gasteiger partial charge in [-0.1, -0.05) is 50.2 Å². The van der Waals surface area contributed by atoms with Gasteiger partial charge < -0.3 is 19.3 Å². The van der Waals surface area contributed by atoms with Crippen molar-refractivity contribution in [2.75, 3.05) is 39.4 Å². The molecule has 0 radical (unpaired) electrons. The standard InChI is InChI=1S/C28H34N2O3/c1-3-29(4-2)15-7-8-16-30(21-22-11-14-26-27(19-22)33-18-17-32-26)28(31)25-13-12-23-9-5-6-10-24(23)20-25/h5-6,9-14,19-20H,3-4,7-8,15-18,21H2,1-2H3. The Kier molecular flexibility index (Phi) is 7.84. The van der Waals surface area contributed by atoms with Gasteiger partial charge in [-0.15, -0.1) is 0 Å². The summed E-state index contributed by atoms with van der Waals surface area (Å²) in [5.74, 6) is 1.61. The fraction of sp³-hybridized carbons (Fsp3) is 0.393. The van der Waals surface area contributed by atoms with E-state index in [4.69, 9.17) is 9.47 Å². The largest absolute Gasteiger partial charge is 0.486 e. The maximum Gasteiger partial charge on any atom is 0.254 e. The second kappa shape index (κ2) is 11.2. The Labute approximate surface area is 196 Å². The smallest absolute Gasteiger partial charge is 0.254 e. The van der Waals surface area contributed by atoms with Gasteiger partial charge in [0.25, 0.3) is 5.91 Å². The zero-order valence-electron chi connectivity index (χ0n) is 19.8. The Hall–Kier alpha value is -3.05. The van der Waals surface area contributed by atoms with E-state index < -0.39 is 0 Å². The molecule has 0 atom stereocenters. The maximum absolute atomic E-state index is 13.6. The van der Waals surface area contributed by atoms with Crippen LogP contribution in [-0.2, 0) is 6.54 Å². The van der Waals surface area contributed by atoms with Gasteiger partial charge in [0.05, 0.1) is 0 Å². The lowest BCUT2D eigenvalue weighted by molar-refractivity contribution is 0.0738. The summed E-state index contributed by atoms with van der Waals surface area (Å²) in [6.07, 6.45) is 2.05. The van der Waals surface area contributed by atoms with E-state index in [1.54, 1.807) is 0 Å². The molecular formula is C28H34N2O3. The third-order valence-corrected chi connectivity index (χ3v) is 6.31. The highest BCUT2D eigenvalue weighted by Gasteiger charge is 2.19. The van der Waals surface area contributed by atoms with Crippen LogP contribution >= 0.6 is 0 Å². The fourth-order valence-corrected chi connectivity index (χ4v) is 4.34. The first-order valence-electron chi connectivity index (χ1n) is 12.1. The minimum absolute atomic E-state index is 0.0680. The first-order valence-corrected chi connectivity index (χ1v) is 12.1. The molecule has 0 saturated carbocycles. The Morgan fingerprint density at radius 1 is 0.818 bits per heavy atom. The van der Waals surface area contributed by atoms with Crippen LogP contribution in [0.15, 0.2) is 60.7 Å². The summed E-state index contributed by atoms with van der Waals surface area (Å²) in [5.41, 5.74) is 1.78. The van der Waals surface area contributed by atoms with Gasteiger partial charge in [0.15, 0.2) is 11.5 Å². The van der Waals surface area contributed by atoms with Crippen molar-refractivity contribution < 1.29 is 14.3 Å². The van der Waals surface area contributed by atoms with Gasteiger partial charge in [-0.05, 0) is 73.1 Å². The van der Waals surface area contributed by atoms with Crippen molar-refractivity contribution in [3.05, 3.63) is 71.8 Å². The normalized spacial score (nSPS) is 12.8. The predicted octanol–water partition coefficient (Wildman–Crippen LogP) is 5.38. The Morgan fingerprint density at radius 2 is 1.55 bits per heavy atom. The van der Waals surface area contributed by atoms with Crippen molar-refractivity contribution in [2.45, 2.75) is 33.2 Å². The van der Waals surface area contributed by atoms with E-state index in [1.165, 1.54) is 0 Å². The molecule has 1 aliphatic heterocycles. The van der Waals surface area contributed by atoms with Gasteiger partial charge in [0.1, 0.15) is 13.2 Å². The van der Waals surface area contributed by atoms with Crippen LogP contribution in [0.25, 0.3) is 10.8 Å². The predicted molar refractivity (Wildman–Crippen MR) is 133 cm³/mol. The van der Waals surface area contributed by atoms with Gasteiger partial charge in [0.2, 0.25) is 0 Å². The van der Waals surface area contributed by atoms with E-state index in [-0.39, 0.29) is 5.91 Å². The number of amides is 1. The van der Waals surface area contributed by atoms with Crippen molar-refractivity contribution in [3.8, 4) is 11.5 Å². The molecule has 0 fully saturated rings. The lowest BCUT2D eigenvalue weighted by Gasteiger charge is -2.25. The van der Waals surface area contributed by atoms with Crippen LogP contribution < -0.4 is 9.47 Å². The van der Waals surface area contributed by atoms with E-state index in [0.29, 0.717) is 19.8 Å². The maximum atomic E-state index is 13.6. The molecule has 1 amide bonds. The first-order chi connectivity index (χ1) is 16.2. The SMILES string of the molecule is CCN(CC)CCCCN(Cc1ccc2c(c1)OCCO2)C(=O)c1ccc2ccccc2c1. The average Bonchev–Trinajstić information content (AvgIpc) is 2.87. The van der Waals surface area contributed by atoms with Crippen molar-refractivity contribution >= 4 is 16.7 Å². The molecule has 1 heterocycles. The van der Waals surface area contributed by atoms with Crippen LogP contribution in [0.3, 0.4) is 0 Å². The number of carbonyl (C=O) groups is 1. The number of rotatable bonds is 10. The summed E-state index contributed by atoms with van der Waals surface area (Å²) in [4.78, 5) is 18.0. The molecule has 1 aliphatic rings. The van der Waals surface area contributed by atoms with Gasteiger partial charge in [-0.2, -0.15) is 0 Å². The van der Waals surface area contributed by atoms with E-state index in [2.05, 4.69) is 30.9 Å². The number of fused-ring (bicyclic) bond motifs is 2. The first kappa shape index (κ1) is 23.1. The van der Waals surface area contributed by atoms with Gasteiger partial charge >= 0.3 is 0 Å². The molecule has 0 saturated heterocycles. The topological polar surface area (TPSA) is 42.0 Å². The molecule has 0 N–H and O–H groups in total. The summed E-state index contributed by atoms with van der Waals surface area (Å²) < 4.78 is 11.4. The van der Waals surface area contributed by atoms with E-state index in [0.717, 1.165) is 72.4 Å². The van der Waals surface area contributed by atoms with Crippen molar-refractivity contribution in [3.63, 3.8) is 0 Å². The second-order valence-corrected chi connectivity index (χ2v) is 8.50. The number of carbonyl (C=O) groups excluding carboxylic acids is 1. The van der Waals surface area contributed by atoms with Crippen LogP contribution in [0.1, 0.15) is 42.6 Å². The molecule has 5 nitrogen and oxygen atoms in total. The van der Waals surface area contributed by atoms with Gasteiger partial charge in [-0.3, -0.25) is 4.79 Å². The summed E-state index contributed by atoms with van der Waals surface area (Å²) in [6, 6.07) is 20.1. The number of benzene rings is 3. The fourth-order valence-electron chi connectivity index (χ4n) is 4.34. The quantitative estimate of drug-likeness (QED) is 0.392. The van der Waals surface area contributed by atoms with Gasteiger partial charge in [-0.25, -0.2) is 0 Å². The third-order valence-electron chi connectivity index (χ3n) is 6.31. The lowest BCUT2D eigenvalue weighted by atomic mass is 10.1. The molecule has 3 aromatic carbocycles. The highest BCUT2D eigenvalue weighted by molar-refractivity contribution is 5.98. The van der Waals surface area contributed by atoms with Crippen molar-refractivity contribution in [1.82, 2.24) is 9.80 Å². The Morgan fingerprint density at radius 3 is 2.33 bits per heavy atom. The molecule has 3 aromatic rings. The molecule has 4 rings (SSSR count). The van der Waals surface area contributed by atoms with Crippen molar-refractivity contribution in [2.24, 2.45) is 0 Å². The monoisotopic (exact) mass is 446 g/mol. The second-order valence-electron chi connectivity index (χ2n) is 8.50. The summed E-state index contributed by atoms with van der Waals surface area (Å²) in [7, 11) is 0. The molecule has 0 bridgehead atoms. The van der Waals surface area contributed by atoms with E-state index in [1.807, 2.05) is 53.4 Å². The Balaban J connectivity index is 1.51. The van der Waals surface area contributed by atoms with Crippen LogP contribution in [0.4, 0.5) is 0 Å². The van der Waals surface area contributed by atoms with Crippen LogP contribution in [0.2, 0.25) is 0 Å². The zero-order valence-corrected chi connectivity index (χ0v) is 19.8. The summed E-state index contributed by atoms with van der Waals surface area (Å²) in [6.45, 7) is 9.99. The van der Waals surface area contributed by atoms with E-state index >= 15 is 0 Å². The molecule has 33 heavy (non-hydrogen) atoms. The van der Waals surface area contributed by atoms with Crippen LogP contribution in [-0.4, -0.2) is 55.1 Å². The van der Waals surface area contributed by atoms with Crippen molar-refractivity contribution in [1.29, 1.82) is 0 Å². The van der Waals surface area contributed by atoms with Crippen LogP contribution in [0.5, 0.6) is 11.5 Å². The lowest BCUT2D eigenvalue weighted by Crippen LogP contribution is -2.32.